The standard InChI is InChI=1S/C21H37N5O.2ClH/c1-5-24(6-2)15-10-14-22-21-20-18(12-9-13-19(20)27)26(23-21)17-11-16-25(7-3)8-4;;/h9,12-13,27H,5-8,10-11,14-17H2,1-4H3,(H,22,23);2*1H. The molecule has 0 saturated heterocycles. The van der Waals surface area contributed by atoms with E-state index in [1.165, 1.54) is 0 Å². The van der Waals surface area contributed by atoms with Gasteiger partial charge in [0, 0.05) is 13.1 Å². The SMILES string of the molecule is CCN(CC)CCCNc1nn(CCCN(CC)CC)c2cccc(O)c12.Cl.Cl. The summed E-state index contributed by atoms with van der Waals surface area (Å²) in [7, 11) is 0. The Labute approximate surface area is 188 Å². The smallest absolute Gasteiger partial charge is 0.159 e. The number of aromatic hydroxyl groups is 1. The molecular formula is C21H39Cl2N5O. The number of phenolic OH excluding ortho intramolecular Hbond substituents is 1. The molecule has 0 aliphatic heterocycles. The van der Waals surface area contributed by atoms with Crippen LogP contribution < -0.4 is 5.32 Å². The van der Waals surface area contributed by atoms with Crippen LogP contribution in [0, 0.1) is 0 Å². The van der Waals surface area contributed by atoms with Gasteiger partial charge in [-0.3, -0.25) is 4.68 Å². The molecule has 0 bridgehead atoms. The molecule has 29 heavy (non-hydrogen) atoms. The van der Waals surface area contributed by atoms with Crippen LogP contribution in [0.2, 0.25) is 0 Å². The molecule has 2 rings (SSSR count). The van der Waals surface area contributed by atoms with E-state index in [9.17, 15) is 5.11 Å². The second kappa shape index (κ2) is 14.7. The third kappa shape index (κ3) is 7.85. The van der Waals surface area contributed by atoms with Crippen molar-refractivity contribution < 1.29 is 5.11 Å². The van der Waals surface area contributed by atoms with E-state index in [1.807, 2.05) is 16.8 Å². The fourth-order valence-electron chi connectivity index (χ4n) is 3.54. The number of hydrogen-bond acceptors (Lipinski definition) is 5. The first-order chi connectivity index (χ1) is 13.1. The van der Waals surface area contributed by atoms with Crippen molar-refractivity contribution in [1.29, 1.82) is 0 Å². The molecule has 0 radical (unpaired) electrons. The molecule has 2 aromatic rings. The molecule has 8 heteroatoms. The molecule has 1 aromatic heterocycles. The van der Waals surface area contributed by atoms with E-state index < -0.39 is 0 Å². The Hall–Kier alpha value is -1.21. The van der Waals surface area contributed by atoms with Gasteiger partial charge in [0.2, 0.25) is 0 Å². The van der Waals surface area contributed by atoms with Crippen molar-refractivity contribution in [3.8, 4) is 5.75 Å². The number of anilines is 1. The van der Waals surface area contributed by atoms with Crippen LogP contribution in [0.15, 0.2) is 18.2 Å². The van der Waals surface area contributed by atoms with E-state index in [-0.39, 0.29) is 24.8 Å². The maximum absolute atomic E-state index is 10.4. The Kier molecular flexibility index (Phi) is 14.1. The lowest BCUT2D eigenvalue weighted by molar-refractivity contribution is 0.292. The predicted molar refractivity (Wildman–Crippen MR) is 129 cm³/mol. The summed E-state index contributed by atoms with van der Waals surface area (Å²) < 4.78 is 2.03. The molecule has 0 spiro atoms. The van der Waals surface area contributed by atoms with Gasteiger partial charge in [0.15, 0.2) is 5.82 Å². The highest BCUT2D eigenvalue weighted by molar-refractivity contribution is 5.95. The van der Waals surface area contributed by atoms with Crippen LogP contribution in [0.1, 0.15) is 40.5 Å². The molecule has 2 N–H and O–H groups in total. The van der Waals surface area contributed by atoms with Gasteiger partial charge in [-0.1, -0.05) is 33.8 Å². The van der Waals surface area contributed by atoms with Gasteiger partial charge in [0.05, 0.1) is 10.9 Å². The van der Waals surface area contributed by atoms with Crippen LogP contribution in [-0.4, -0.2) is 70.5 Å². The average Bonchev–Trinajstić information content (AvgIpc) is 3.04. The molecule has 0 amide bonds. The number of halogens is 2. The van der Waals surface area contributed by atoms with Crippen LogP contribution in [0.25, 0.3) is 10.9 Å². The van der Waals surface area contributed by atoms with Crippen molar-refractivity contribution in [2.75, 3.05) is 51.1 Å². The first kappa shape index (κ1) is 27.8. The maximum atomic E-state index is 10.4. The summed E-state index contributed by atoms with van der Waals surface area (Å²) in [5.41, 5.74) is 1.00. The van der Waals surface area contributed by atoms with E-state index >= 15 is 0 Å². The Morgan fingerprint density at radius 3 is 2.10 bits per heavy atom. The van der Waals surface area contributed by atoms with Gasteiger partial charge in [0.1, 0.15) is 5.75 Å². The average molecular weight is 448 g/mol. The molecular weight excluding hydrogens is 409 g/mol. The Morgan fingerprint density at radius 1 is 0.931 bits per heavy atom. The minimum absolute atomic E-state index is 0. The van der Waals surface area contributed by atoms with Crippen LogP contribution in [0.5, 0.6) is 5.75 Å². The lowest BCUT2D eigenvalue weighted by Crippen LogP contribution is -2.25. The van der Waals surface area contributed by atoms with E-state index in [2.05, 4.69) is 42.8 Å². The summed E-state index contributed by atoms with van der Waals surface area (Å²) in [4.78, 5) is 4.85. The fraction of sp³-hybridized carbons (Fsp3) is 0.667. The number of fused-ring (bicyclic) bond motifs is 1. The summed E-state index contributed by atoms with van der Waals surface area (Å²) >= 11 is 0. The molecule has 0 fully saturated rings. The minimum Gasteiger partial charge on any atom is -0.507 e. The summed E-state index contributed by atoms with van der Waals surface area (Å²) in [5.74, 6) is 1.10. The second-order valence-electron chi connectivity index (χ2n) is 6.93. The highest BCUT2D eigenvalue weighted by atomic mass is 35.5. The number of nitrogens with zero attached hydrogens (tertiary/aromatic N) is 4. The van der Waals surface area contributed by atoms with Gasteiger partial charge in [-0.15, -0.1) is 24.8 Å². The van der Waals surface area contributed by atoms with E-state index in [1.54, 1.807) is 6.07 Å². The van der Waals surface area contributed by atoms with Crippen LogP contribution in [-0.2, 0) is 6.54 Å². The molecule has 1 heterocycles. The van der Waals surface area contributed by atoms with Gasteiger partial charge in [-0.2, -0.15) is 5.10 Å². The van der Waals surface area contributed by atoms with Crippen molar-refractivity contribution in [1.82, 2.24) is 19.6 Å². The fourth-order valence-corrected chi connectivity index (χ4v) is 3.54. The van der Waals surface area contributed by atoms with Gasteiger partial charge >= 0.3 is 0 Å². The number of aryl methyl sites for hydroxylation is 1. The predicted octanol–water partition coefficient (Wildman–Crippen LogP) is 4.46. The summed E-state index contributed by atoms with van der Waals surface area (Å²) in [5, 5.41) is 19.4. The zero-order chi connectivity index (χ0) is 19.6. The summed E-state index contributed by atoms with van der Waals surface area (Å²) in [6.45, 7) is 17.0. The second-order valence-corrected chi connectivity index (χ2v) is 6.93. The van der Waals surface area contributed by atoms with Crippen molar-refractivity contribution in [3.63, 3.8) is 0 Å². The highest BCUT2D eigenvalue weighted by Crippen LogP contribution is 2.31. The van der Waals surface area contributed by atoms with E-state index in [4.69, 9.17) is 5.10 Å². The first-order valence-corrected chi connectivity index (χ1v) is 10.5. The number of aromatic nitrogens is 2. The molecule has 0 saturated carbocycles. The summed E-state index contributed by atoms with van der Waals surface area (Å²) in [6, 6.07) is 5.68. The van der Waals surface area contributed by atoms with Crippen LogP contribution >= 0.6 is 24.8 Å². The van der Waals surface area contributed by atoms with Gasteiger partial charge in [0.25, 0.3) is 0 Å². The van der Waals surface area contributed by atoms with Crippen molar-refractivity contribution in [2.24, 2.45) is 0 Å². The highest BCUT2D eigenvalue weighted by Gasteiger charge is 2.14. The number of rotatable bonds is 13. The molecule has 0 aliphatic rings. The first-order valence-electron chi connectivity index (χ1n) is 10.5. The number of hydrogen-bond donors (Lipinski definition) is 2. The number of phenols is 1. The molecule has 0 unspecified atom stereocenters. The number of benzene rings is 1. The topological polar surface area (TPSA) is 56.6 Å². The lowest BCUT2D eigenvalue weighted by atomic mass is 10.2. The third-order valence-corrected chi connectivity index (χ3v) is 5.33. The van der Waals surface area contributed by atoms with Crippen molar-refractivity contribution in [3.05, 3.63) is 18.2 Å². The zero-order valence-electron chi connectivity index (χ0n) is 18.4. The largest absolute Gasteiger partial charge is 0.507 e. The van der Waals surface area contributed by atoms with Crippen molar-refractivity contribution >= 4 is 41.5 Å². The molecule has 0 aliphatic carbocycles. The minimum atomic E-state index is 0. The maximum Gasteiger partial charge on any atom is 0.159 e. The molecule has 0 atom stereocenters. The monoisotopic (exact) mass is 447 g/mol. The zero-order valence-corrected chi connectivity index (χ0v) is 20.0. The Balaban J connectivity index is 0.00000392. The van der Waals surface area contributed by atoms with Crippen LogP contribution in [0.3, 0.4) is 0 Å². The normalized spacial score (nSPS) is 11.0. The van der Waals surface area contributed by atoms with Gasteiger partial charge in [-0.05, 0) is 64.2 Å². The van der Waals surface area contributed by atoms with Crippen LogP contribution in [0.4, 0.5) is 5.82 Å². The lowest BCUT2D eigenvalue weighted by Gasteiger charge is -2.17. The molecule has 168 valence electrons. The Morgan fingerprint density at radius 2 is 1.52 bits per heavy atom. The Bertz CT molecular complexity index is 687. The molecule has 6 nitrogen and oxygen atoms in total. The third-order valence-electron chi connectivity index (χ3n) is 5.33. The molecule has 1 aromatic carbocycles. The van der Waals surface area contributed by atoms with Gasteiger partial charge in [-0.25, -0.2) is 0 Å². The van der Waals surface area contributed by atoms with E-state index in [0.29, 0.717) is 5.75 Å². The number of nitrogens with one attached hydrogen (secondary N) is 1. The summed E-state index contributed by atoms with van der Waals surface area (Å²) in [6.07, 6.45) is 2.11. The van der Waals surface area contributed by atoms with Gasteiger partial charge < -0.3 is 20.2 Å². The van der Waals surface area contributed by atoms with E-state index in [0.717, 1.165) is 81.9 Å². The van der Waals surface area contributed by atoms with Crippen molar-refractivity contribution in [2.45, 2.75) is 47.1 Å². The quantitative estimate of drug-likeness (QED) is 0.443.